The van der Waals surface area contributed by atoms with Crippen molar-refractivity contribution in [2.24, 2.45) is 0 Å². The lowest BCUT2D eigenvalue weighted by molar-refractivity contribution is 0.480. The highest BCUT2D eigenvalue weighted by Crippen LogP contribution is 2.38. The van der Waals surface area contributed by atoms with Crippen LogP contribution < -0.4 is 4.74 Å². The summed E-state index contributed by atoms with van der Waals surface area (Å²) in [5.74, 6) is 1.000. The van der Waals surface area contributed by atoms with E-state index in [2.05, 4.69) is 31.9 Å². The minimum atomic E-state index is 0.438. The highest BCUT2D eigenvalue weighted by atomic mass is 79.9. The first-order chi connectivity index (χ1) is 9.01. The van der Waals surface area contributed by atoms with E-state index < -0.39 is 0 Å². The van der Waals surface area contributed by atoms with E-state index in [1.54, 1.807) is 30.3 Å². The molecular weight excluding hydrogens is 417 g/mol. The predicted octanol–water partition coefficient (Wildman–Crippen LogP) is 6.18. The average molecular weight is 422 g/mol. The van der Waals surface area contributed by atoms with Gasteiger partial charge in [0.05, 0.1) is 26.2 Å². The minimum Gasteiger partial charge on any atom is -0.455 e. The zero-order valence-corrected chi connectivity index (χ0v) is 13.9. The summed E-state index contributed by atoms with van der Waals surface area (Å²) in [6, 6.07) is 10.4. The molecule has 2 rings (SSSR count). The molecule has 0 aliphatic heterocycles. The number of halogens is 4. The van der Waals surface area contributed by atoms with Crippen LogP contribution in [-0.4, -0.2) is 0 Å². The smallest absolute Gasteiger partial charge is 0.147 e. The molecule has 0 aromatic heterocycles. The van der Waals surface area contributed by atoms with Gasteiger partial charge < -0.3 is 4.74 Å². The lowest BCUT2D eigenvalue weighted by Crippen LogP contribution is -1.88. The standard InChI is InChI=1S/C13H5Br2Cl2NO/c14-8-4-11(17)13(5-10(8)16)19-12-2-1-7(6-18)3-9(12)15/h1-5H. The Bertz CT molecular complexity index is 683. The molecule has 0 saturated heterocycles. The van der Waals surface area contributed by atoms with Gasteiger partial charge in [-0.05, 0) is 56.1 Å². The van der Waals surface area contributed by atoms with Gasteiger partial charge in [-0.1, -0.05) is 23.2 Å². The van der Waals surface area contributed by atoms with Crippen LogP contribution in [0.3, 0.4) is 0 Å². The Kier molecular flexibility index (Phi) is 4.75. The molecule has 2 aromatic rings. The molecule has 0 amide bonds. The minimum absolute atomic E-state index is 0.438. The molecule has 6 heteroatoms. The fraction of sp³-hybridized carbons (Fsp3) is 0. The van der Waals surface area contributed by atoms with Gasteiger partial charge in [-0.3, -0.25) is 0 Å². The average Bonchev–Trinajstić information content (AvgIpc) is 2.38. The molecule has 0 unspecified atom stereocenters. The second kappa shape index (κ2) is 6.15. The van der Waals surface area contributed by atoms with Gasteiger partial charge in [-0.15, -0.1) is 0 Å². The molecule has 0 saturated carbocycles. The first kappa shape index (κ1) is 14.7. The summed E-state index contributed by atoms with van der Waals surface area (Å²) >= 11 is 18.7. The van der Waals surface area contributed by atoms with Crippen LogP contribution >= 0.6 is 55.1 Å². The SMILES string of the molecule is N#Cc1ccc(Oc2cc(Cl)c(Br)cc2Cl)c(Br)c1. The van der Waals surface area contributed by atoms with Gasteiger partial charge in [0.1, 0.15) is 11.5 Å². The molecule has 0 heterocycles. The van der Waals surface area contributed by atoms with E-state index in [-0.39, 0.29) is 0 Å². The van der Waals surface area contributed by atoms with Crippen molar-refractivity contribution < 1.29 is 4.74 Å². The van der Waals surface area contributed by atoms with E-state index >= 15 is 0 Å². The highest BCUT2D eigenvalue weighted by molar-refractivity contribution is 9.10. The van der Waals surface area contributed by atoms with Crippen molar-refractivity contribution in [3.05, 3.63) is 54.9 Å². The maximum absolute atomic E-state index is 8.80. The van der Waals surface area contributed by atoms with Gasteiger partial charge >= 0.3 is 0 Å². The molecule has 2 nitrogen and oxygen atoms in total. The van der Waals surface area contributed by atoms with Crippen LogP contribution in [-0.2, 0) is 0 Å². The van der Waals surface area contributed by atoms with Gasteiger partial charge in [0.25, 0.3) is 0 Å². The predicted molar refractivity (Wildman–Crippen MR) is 83.1 cm³/mol. The Morgan fingerprint density at radius 3 is 2.32 bits per heavy atom. The quantitative estimate of drug-likeness (QED) is 0.542. The van der Waals surface area contributed by atoms with E-state index in [1.165, 1.54) is 0 Å². The summed E-state index contributed by atoms with van der Waals surface area (Å²) in [5.41, 5.74) is 0.541. The molecule has 0 spiro atoms. The van der Waals surface area contributed by atoms with Gasteiger partial charge in [-0.25, -0.2) is 0 Å². The van der Waals surface area contributed by atoms with Crippen molar-refractivity contribution in [2.75, 3.05) is 0 Å². The molecule has 2 aromatic carbocycles. The topological polar surface area (TPSA) is 33.0 Å². The van der Waals surface area contributed by atoms with Crippen molar-refractivity contribution in [1.29, 1.82) is 5.26 Å². The monoisotopic (exact) mass is 419 g/mol. The third kappa shape index (κ3) is 3.43. The summed E-state index contributed by atoms with van der Waals surface area (Å²) in [7, 11) is 0. The maximum Gasteiger partial charge on any atom is 0.147 e. The molecule has 96 valence electrons. The normalized spacial score (nSPS) is 10.1. The van der Waals surface area contributed by atoms with Crippen molar-refractivity contribution in [3.63, 3.8) is 0 Å². The van der Waals surface area contributed by atoms with Gasteiger partial charge in [0.2, 0.25) is 0 Å². The Balaban J connectivity index is 2.37. The molecular formula is C13H5Br2Cl2NO. The van der Waals surface area contributed by atoms with Crippen molar-refractivity contribution in [3.8, 4) is 17.6 Å². The summed E-state index contributed by atoms with van der Waals surface area (Å²) in [6.07, 6.45) is 0. The van der Waals surface area contributed by atoms with Crippen molar-refractivity contribution in [1.82, 2.24) is 0 Å². The van der Waals surface area contributed by atoms with Gasteiger partial charge in [-0.2, -0.15) is 5.26 Å². The van der Waals surface area contributed by atoms with Crippen LogP contribution in [0.1, 0.15) is 5.56 Å². The zero-order valence-electron chi connectivity index (χ0n) is 9.25. The fourth-order valence-corrected chi connectivity index (χ4v) is 2.64. The van der Waals surface area contributed by atoms with E-state index in [0.717, 1.165) is 0 Å². The molecule has 19 heavy (non-hydrogen) atoms. The Labute approximate surface area is 137 Å². The number of ether oxygens (including phenoxy) is 1. The van der Waals surface area contributed by atoms with E-state index in [4.69, 9.17) is 33.2 Å². The van der Waals surface area contributed by atoms with Crippen LogP contribution in [0.5, 0.6) is 11.5 Å². The fourth-order valence-electron chi connectivity index (χ4n) is 1.35. The molecule has 0 aliphatic rings. The lowest BCUT2D eigenvalue weighted by Gasteiger charge is -2.10. The second-order valence-corrected chi connectivity index (χ2v) is 6.08. The van der Waals surface area contributed by atoms with E-state index in [0.29, 0.717) is 36.1 Å². The number of hydrogen-bond acceptors (Lipinski definition) is 2. The summed E-state index contributed by atoms with van der Waals surface area (Å²) < 4.78 is 7.05. The second-order valence-electron chi connectivity index (χ2n) is 3.56. The molecule has 0 aliphatic carbocycles. The van der Waals surface area contributed by atoms with Crippen LogP contribution in [0.2, 0.25) is 10.0 Å². The number of benzene rings is 2. The number of rotatable bonds is 2. The summed E-state index contributed by atoms with van der Waals surface area (Å²) in [6.45, 7) is 0. The molecule has 0 radical (unpaired) electrons. The molecule has 0 N–H and O–H groups in total. The van der Waals surface area contributed by atoms with Crippen molar-refractivity contribution in [2.45, 2.75) is 0 Å². The van der Waals surface area contributed by atoms with E-state index in [1.807, 2.05) is 6.07 Å². The maximum atomic E-state index is 8.80. The highest BCUT2D eigenvalue weighted by Gasteiger charge is 2.10. The van der Waals surface area contributed by atoms with Crippen LogP contribution in [0.4, 0.5) is 0 Å². The van der Waals surface area contributed by atoms with E-state index in [9.17, 15) is 0 Å². The lowest BCUT2D eigenvalue weighted by atomic mass is 10.2. The van der Waals surface area contributed by atoms with Gasteiger partial charge in [0, 0.05) is 10.5 Å². The summed E-state index contributed by atoms with van der Waals surface area (Å²) in [5, 5.41) is 9.74. The zero-order chi connectivity index (χ0) is 14.0. The van der Waals surface area contributed by atoms with Crippen LogP contribution in [0, 0.1) is 11.3 Å². The Morgan fingerprint density at radius 1 is 0.947 bits per heavy atom. The first-order valence-electron chi connectivity index (χ1n) is 5.03. The van der Waals surface area contributed by atoms with Crippen LogP contribution in [0.15, 0.2) is 39.3 Å². The number of nitriles is 1. The molecule has 0 fully saturated rings. The Morgan fingerprint density at radius 2 is 1.68 bits per heavy atom. The number of nitrogens with zero attached hydrogens (tertiary/aromatic N) is 1. The Hall–Kier alpha value is -0.730. The van der Waals surface area contributed by atoms with Crippen LogP contribution in [0.25, 0.3) is 0 Å². The molecule has 0 atom stereocenters. The first-order valence-corrected chi connectivity index (χ1v) is 7.37. The van der Waals surface area contributed by atoms with Gasteiger partial charge in [0.15, 0.2) is 0 Å². The molecule has 0 bridgehead atoms. The largest absolute Gasteiger partial charge is 0.455 e. The number of hydrogen-bond donors (Lipinski definition) is 0. The summed E-state index contributed by atoms with van der Waals surface area (Å²) in [4.78, 5) is 0. The third-order valence-electron chi connectivity index (χ3n) is 2.26. The van der Waals surface area contributed by atoms with Crippen molar-refractivity contribution >= 4 is 55.1 Å². The third-order valence-corrected chi connectivity index (χ3v) is 4.37.